The molecule has 0 radical (unpaired) electrons. The molecule has 0 aliphatic heterocycles. The minimum absolute atomic E-state index is 0.883. The Balaban J connectivity index is 0.000000280. The Morgan fingerprint density at radius 2 is 2.00 bits per heavy atom. The van der Waals surface area contributed by atoms with Crippen molar-refractivity contribution in [3.8, 4) is 0 Å². The molecule has 0 aliphatic carbocycles. The van der Waals surface area contributed by atoms with Crippen LogP contribution in [0.1, 0.15) is 11.4 Å². The number of H-pyrrole nitrogens is 1. The predicted octanol–water partition coefficient (Wildman–Crippen LogP) is 1.65. The molecule has 6 heteroatoms. The molecule has 0 fully saturated rings. The molecular weight excluding hydrogens is 210 g/mol. The average molecular weight is 221 g/mol. The van der Waals surface area contributed by atoms with Gasteiger partial charge in [-0.2, -0.15) is 0 Å². The number of rotatable bonds is 2. The first-order valence-electron chi connectivity index (χ1n) is 4.54. The van der Waals surface area contributed by atoms with Gasteiger partial charge in [0.15, 0.2) is 0 Å². The zero-order chi connectivity index (χ0) is 11.8. The second kappa shape index (κ2) is 6.18. The fraction of sp³-hybridized carbons (Fsp3) is 0.100. The zero-order valence-electron chi connectivity index (χ0n) is 8.41. The summed E-state index contributed by atoms with van der Waals surface area (Å²) >= 11 is 0. The molecular formula is C10H11N3O3. The monoisotopic (exact) mass is 221 g/mol. The van der Waals surface area contributed by atoms with Crippen LogP contribution in [0.2, 0.25) is 0 Å². The molecule has 0 saturated carbocycles. The molecule has 1 heterocycles. The summed E-state index contributed by atoms with van der Waals surface area (Å²) in [5.41, 5.74) is 1.28. The van der Waals surface area contributed by atoms with Gasteiger partial charge in [0.1, 0.15) is 5.82 Å². The van der Waals surface area contributed by atoms with Gasteiger partial charge in [0.25, 0.3) is 5.09 Å². The zero-order valence-corrected chi connectivity index (χ0v) is 8.41. The maximum absolute atomic E-state index is 8.36. The summed E-state index contributed by atoms with van der Waals surface area (Å²) < 4.78 is 0. The normalized spacial score (nSPS) is 9.00. The Morgan fingerprint density at radius 1 is 1.38 bits per heavy atom. The Hall–Kier alpha value is -2.37. The Kier molecular flexibility index (Phi) is 4.52. The molecule has 6 nitrogen and oxygen atoms in total. The second-order valence-electron chi connectivity index (χ2n) is 2.94. The van der Waals surface area contributed by atoms with Crippen molar-refractivity contribution in [1.82, 2.24) is 9.97 Å². The fourth-order valence-electron chi connectivity index (χ4n) is 1.18. The van der Waals surface area contributed by atoms with E-state index in [9.17, 15) is 0 Å². The molecule has 2 N–H and O–H groups in total. The highest BCUT2D eigenvalue weighted by atomic mass is 16.9. The number of nitrogens with zero attached hydrogens (tertiary/aromatic N) is 2. The SMILES string of the molecule is O=[N+]([O-])O.c1ccc(Cc2ncc[nH]2)cc1. The lowest BCUT2D eigenvalue weighted by Crippen LogP contribution is -1.89. The molecule has 0 amide bonds. The van der Waals surface area contributed by atoms with Gasteiger partial charge in [-0.05, 0) is 5.56 Å². The van der Waals surface area contributed by atoms with Gasteiger partial charge in [-0.1, -0.05) is 30.3 Å². The highest BCUT2D eigenvalue weighted by Crippen LogP contribution is 2.03. The van der Waals surface area contributed by atoms with Gasteiger partial charge in [0.05, 0.1) is 0 Å². The number of imidazole rings is 1. The van der Waals surface area contributed by atoms with Crippen LogP contribution >= 0.6 is 0 Å². The van der Waals surface area contributed by atoms with E-state index in [0.717, 1.165) is 12.2 Å². The average Bonchev–Trinajstić information content (AvgIpc) is 2.71. The molecule has 2 aromatic rings. The molecule has 84 valence electrons. The summed E-state index contributed by atoms with van der Waals surface area (Å²) in [6, 6.07) is 10.3. The van der Waals surface area contributed by atoms with E-state index >= 15 is 0 Å². The van der Waals surface area contributed by atoms with Gasteiger partial charge in [0, 0.05) is 18.8 Å². The van der Waals surface area contributed by atoms with Crippen molar-refractivity contribution in [2.45, 2.75) is 6.42 Å². The Labute approximate surface area is 91.7 Å². The van der Waals surface area contributed by atoms with E-state index in [1.807, 2.05) is 24.4 Å². The van der Waals surface area contributed by atoms with Crippen LogP contribution in [0.25, 0.3) is 0 Å². The topological polar surface area (TPSA) is 92.1 Å². The predicted molar refractivity (Wildman–Crippen MR) is 56.6 cm³/mol. The van der Waals surface area contributed by atoms with Crippen LogP contribution in [0, 0.1) is 10.1 Å². The summed E-state index contributed by atoms with van der Waals surface area (Å²) in [4.78, 5) is 15.6. The third-order valence-electron chi connectivity index (χ3n) is 1.77. The van der Waals surface area contributed by atoms with Crippen LogP contribution in [0.15, 0.2) is 42.7 Å². The third-order valence-corrected chi connectivity index (χ3v) is 1.77. The number of aromatic nitrogens is 2. The van der Waals surface area contributed by atoms with Crippen LogP contribution in [0.5, 0.6) is 0 Å². The minimum Gasteiger partial charge on any atom is -0.348 e. The van der Waals surface area contributed by atoms with Crippen molar-refractivity contribution in [3.05, 3.63) is 64.2 Å². The van der Waals surface area contributed by atoms with E-state index in [0.29, 0.717) is 0 Å². The van der Waals surface area contributed by atoms with E-state index < -0.39 is 5.09 Å². The number of hydrogen-bond donors (Lipinski definition) is 2. The quantitative estimate of drug-likeness (QED) is 0.595. The fourth-order valence-corrected chi connectivity index (χ4v) is 1.18. The summed E-state index contributed by atoms with van der Waals surface area (Å²) in [7, 11) is 0. The highest BCUT2D eigenvalue weighted by Gasteiger charge is 1.95. The van der Waals surface area contributed by atoms with Crippen molar-refractivity contribution < 1.29 is 10.3 Å². The third kappa shape index (κ3) is 4.75. The highest BCUT2D eigenvalue weighted by molar-refractivity contribution is 5.18. The Morgan fingerprint density at radius 3 is 2.50 bits per heavy atom. The van der Waals surface area contributed by atoms with Crippen molar-refractivity contribution >= 4 is 0 Å². The lowest BCUT2D eigenvalue weighted by molar-refractivity contribution is -0.742. The molecule has 0 aliphatic rings. The van der Waals surface area contributed by atoms with Crippen LogP contribution in [-0.2, 0) is 6.42 Å². The van der Waals surface area contributed by atoms with E-state index in [-0.39, 0.29) is 0 Å². The number of benzene rings is 1. The molecule has 2 rings (SSSR count). The summed E-state index contributed by atoms with van der Waals surface area (Å²) in [5, 5.41) is 13.6. The van der Waals surface area contributed by atoms with Crippen molar-refractivity contribution in [1.29, 1.82) is 0 Å². The maximum Gasteiger partial charge on any atom is 0.291 e. The van der Waals surface area contributed by atoms with E-state index in [1.165, 1.54) is 5.56 Å². The van der Waals surface area contributed by atoms with Gasteiger partial charge in [-0.3, -0.25) is 0 Å². The molecule has 16 heavy (non-hydrogen) atoms. The summed E-state index contributed by atoms with van der Waals surface area (Å²) in [5.74, 6) is 1.02. The van der Waals surface area contributed by atoms with Crippen molar-refractivity contribution in [2.75, 3.05) is 0 Å². The number of aromatic amines is 1. The van der Waals surface area contributed by atoms with Crippen LogP contribution in [-0.4, -0.2) is 20.3 Å². The summed E-state index contributed by atoms with van der Waals surface area (Å²) in [6.07, 6.45) is 4.50. The molecule has 1 aromatic heterocycles. The van der Waals surface area contributed by atoms with Crippen molar-refractivity contribution in [2.24, 2.45) is 0 Å². The van der Waals surface area contributed by atoms with Crippen LogP contribution in [0.3, 0.4) is 0 Å². The smallest absolute Gasteiger partial charge is 0.291 e. The first-order valence-corrected chi connectivity index (χ1v) is 4.54. The van der Waals surface area contributed by atoms with Crippen LogP contribution < -0.4 is 0 Å². The lowest BCUT2D eigenvalue weighted by Gasteiger charge is -1.95. The lowest BCUT2D eigenvalue weighted by atomic mass is 10.1. The van der Waals surface area contributed by atoms with Crippen molar-refractivity contribution in [3.63, 3.8) is 0 Å². The standard InChI is InChI=1S/C10H10N2.HNO3/c1-2-4-9(5-3-1)8-10-11-6-7-12-10;2-1(3)4/h1-7H,8H2,(H,11,12);(H,2,3,4). The Bertz CT molecular complexity index is 410. The molecule has 0 spiro atoms. The minimum atomic E-state index is -1.50. The largest absolute Gasteiger partial charge is 0.348 e. The summed E-state index contributed by atoms with van der Waals surface area (Å²) in [6.45, 7) is 0. The van der Waals surface area contributed by atoms with Gasteiger partial charge in [0.2, 0.25) is 0 Å². The van der Waals surface area contributed by atoms with Gasteiger partial charge < -0.3 is 10.2 Å². The van der Waals surface area contributed by atoms with Gasteiger partial charge in [-0.25, -0.2) is 4.98 Å². The maximum atomic E-state index is 8.36. The second-order valence-corrected chi connectivity index (χ2v) is 2.94. The molecule has 0 atom stereocenters. The molecule has 0 bridgehead atoms. The molecule has 0 unspecified atom stereocenters. The first kappa shape index (κ1) is 11.7. The molecule has 1 aromatic carbocycles. The van der Waals surface area contributed by atoms with E-state index in [1.54, 1.807) is 6.20 Å². The van der Waals surface area contributed by atoms with E-state index in [4.69, 9.17) is 15.3 Å². The van der Waals surface area contributed by atoms with Crippen LogP contribution in [0.4, 0.5) is 0 Å². The number of nitrogens with one attached hydrogen (secondary N) is 1. The number of hydrogen-bond acceptors (Lipinski definition) is 3. The van der Waals surface area contributed by atoms with E-state index in [2.05, 4.69) is 22.1 Å². The first-order chi connectivity index (χ1) is 7.68. The van der Waals surface area contributed by atoms with Gasteiger partial charge >= 0.3 is 0 Å². The van der Waals surface area contributed by atoms with Gasteiger partial charge in [-0.15, -0.1) is 10.1 Å². The molecule has 0 saturated heterocycles.